The molecular formula is C27H49N2O7PS. The van der Waals surface area contributed by atoms with E-state index >= 15 is 0 Å². The van der Waals surface area contributed by atoms with Gasteiger partial charge in [0.1, 0.15) is 12.2 Å². The number of hydrogen-bond acceptors (Lipinski definition) is 7. The van der Waals surface area contributed by atoms with Crippen LogP contribution < -0.4 is 11.2 Å². The molecule has 0 aromatic carbocycles. The molecule has 2 heterocycles. The van der Waals surface area contributed by atoms with Crippen LogP contribution in [0, 0.1) is 0 Å². The van der Waals surface area contributed by atoms with E-state index < -0.39 is 42.5 Å². The fraction of sp³-hybridized carbons (Fsp3) is 0.852. The first-order valence-electron chi connectivity index (χ1n) is 14.5. The predicted molar refractivity (Wildman–Crippen MR) is 154 cm³/mol. The van der Waals surface area contributed by atoms with Crippen LogP contribution in [0.2, 0.25) is 0 Å². The van der Waals surface area contributed by atoms with E-state index in [1.54, 1.807) is 0 Å². The van der Waals surface area contributed by atoms with Crippen LogP contribution in [-0.4, -0.2) is 46.5 Å². The number of ether oxygens (including phenoxy) is 2. The van der Waals surface area contributed by atoms with Gasteiger partial charge in [0.15, 0.2) is 6.23 Å². The molecule has 11 heteroatoms. The Morgan fingerprint density at radius 1 is 0.947 bits per heavy atom. The topological polar surface area (TPSA) is 112 Å². The van der Waals surface area contributed by atoms with Crippen LogP contribution in [0.3, 0.4) is 0 Å². The van der Waals surface area contributed by atoms with E-state index in [1.807, 2.05) is 6.92 Å². The fourth-order valence-corrected chi connectivity index (χ4v) is 5.85. The molecule has 1 aromatic heterocycles. The molecule has 1 aliphatic rings. The maximum atomic E-state index is 12.5. The van der Waals surface area contributed by atoms with Crippen molar-refractivity contribution in [1.29, 1.82) is 0 Å². The lowest BCUT2D eigenvalue weighted by atomic mass is 10.0. The number of nitrogens with zero attached hydrogens (tertiary/aromatic N) is 1. The van der Waals surface area contributed by atoms with Gasteiger partial charge in [0.05, 0.1) is 6.10 Å². The van der Waals surface area contributed by atoms with Crippen molar-refractivity contribution in [3.05, 3.63) is 33.1 Å². The molecule has 5 atom stereocenters. The van der Waals surface area contributed by atoms with Gasteiger partial charge in [0.25, 0.3) is 5.56 Å². The zero-order chi connectivity index (χ0) is 27.8. The largest absolute Gasteiger partial charge is 0.371 e. The lowest BCUT2D eigenvalue weighted by Crippen LogP contribution is -2.40. The molecule has 1 saturated heterocycles. The van der Waals surface area contributed by atoms with Crippen LogP contribution in [0.25, 0.3) is 0 Å². The predicted octanol–water partition coefficient (Wildman–Crippen LogP) is 5.96. The minimum atomic E-state index is -3.49. The number of rotatable bonds is 21. The molecule has 2 rings (SSSR count). The van der Waals surface area contributed by atoms with Gasteiger partial charge in [-0.05, 0) is 24.6 Å². The van der Waals surface area contributed by atoms with Gasteiger partial charge in [-0.2, -0.15) is 0 Å². The number of aromatic nitrogens is 2. The summed E-state index contributed by atoms with van der Waals surface area (Å²) in [6, 6.07) is 1.26. The molecule has 0 amide bonds. The Morgan fingerprint density at radius 3 is 2.00 bits per heavy atom. The van der Waals surface area contributed by atoms with Crippen molar-refractivity contribution in [3.63, 3.8) is 0 Å². The normalized spacial score (nSPS) is 23.1. The average molecular weight is 577 g/mol. The van der Waals surface area contributed by atoms with Crippen molar-refractivity contribution in [1.82, 2.24) is 9.55 Å². The molecule has 220 valence electrons. The van der Waals surface area contributed by atoms with E-state index in [2.05, 4.69) is 11.9 Å². The molecule has 0 bridgehead atoms. The molecule has 1 aliphatic heterocycles. The van der Waals surface area contributed by atoms with E-state index in [0.29, 0.717) is 13.0 Å². The first-order valence-corrected chi connectivity index (χ1v) is 17.1. The highest BCUT2D eigenvalue weighted by atomic mass is 32.5. The molecule has 1 aromatic rings. The lowest BCUT2D eigenvalue weighted by molar-refractivity contribution is -0.0705. The van der Waals surface area contributed by atoms with Crippen molar-refractivity contribution < 1.29 is 23.4 Å². The summed E-state index contributed by atoms with van der Waals surface area (Å²) in [7, 11) is 1.30. The fourth-order valence-electron chi connectivity index (χ4n) is 4.91. The van der Waals surface area contributed by atoms with Crippen molar-refractivity contribution in [3.8, 4) is 0 Å². The van der Waals surface area contributed by atoms with E-state index in [9.17, 15) is 14.5 Å². The minimum absolute atomic E-state index is 0.457. The third kappa shape index (κ3) is 11.7. The first-order chi connectivity index (χ1) is 18.3. The molecule has 1 fully saturated rings. The molecule has 0 saturated carbocycles. The highest BCUT2D eigenvalue weighted by molar-refractivity contribution is 8.07. The van der Waals surface area contributed by atoms with Crippen LogP contribution in [0.1, 0.15) is 116 Å². The molecule has 0 spiro atoms. The number of unbranched alkanes of at least 4 members (excludes halogenated alkanes) is 13. The first kappa shape index (κ1) is 33.3. The second kappa shape index (κ2) is 18.5. The maximum absolute atomic E-state index is 12.5. The quantitative estimate of drug-likeness (QED) is 0.136. The molecule has 2 N–H and O–H groups in total. The lowest BCUT2D eigenvalue weighted by Gasteiger charge is -2.27. The van der Waals surface area contributed by atoms with Crippen molar-refractivity contribution in [2.75, 3.05) is 13.7 Å². The molecule has 5 unspecified atom stereocenters. The summed E-state index contributed by atoms with van der Waals surface area (Å²) in [4.78, 5) is 36.6. The van der Waals surface area contributed by atoms with Gasteiger partial charge < -0.3 is 18.9 Å². The summed E-state index contributed by atoms with van der Waals surface area (Å²) >= 11 is 5.08. The third-order valence-electron chi connectivity index (χ3n) is 7.11. The molecule has 0 radical (unpaired) electrons. The van der Waals surface area contributed by atoms with Gasteiger partial charge in [0.2, 0.25) is 0 Å². The molecular weight excluding hydrogens is 527 g/mol. The van der Waals surface area contributed by atoms with Crippen LogP contribution in [0.15, 0.2) is 21.9 Å². The van der Waals surface area contributed by atoms with Crippen LogP contribution in [-0.2, 0) is 30.3 Å². The number of nitrogens with one attached hydrogen (secondary N) is 1. The zero-order valence-electron chi connectivity index (χ0n) is 23.5. The Bertz CT molecular complexity index is 940. The second-order valence-corrected chi connectivity index (χ2v) is 13.0. The highest BCUT2D eigenvalue weighted by Gasteiger charge is 2.48. The van der Waals surface area contributed by atoms with E-state index in [-0.39, 0.29) is 0 Å². The molecule has 9 nitrogen and oxygen atoms in total. The Hall–Kier alpha value is -0.870. The summed E-state index contributed by atoms with van der Waals surface area (Å²) in [5, 5.41) is 0. The maximum Gasteiger partial charge on any atom is 0.330 e. The SMILES string of the molecule is CCCCCCCCCCCCCCCCOC1C(OP(O)(=S)OC)C(CC)OC1n1ccc(=O)[nH]c1=O. The van der Waals surface area contributed by atoms with Gasteiger partial charge in [-0.15, -0.1) is 0 Å². The van der Waals surface area contributed by atoms with Gasteiger partial charge in [-0.1, -0.05) is 97.3 Å². The minimum Gasteiger partial charge on any atom is -0.371 e. The summed E-state index contributed by atoms with van der Waals surface area (Å²) in [5.41, 5.74) is -1.09. The summed E-state index contributed by atoms with van der Waals surface area (Å²) in [6.45, 7) is 1.13. The Kier molecular flexibility index (Phi) is 16.2. The second-order valence-electron chi connectivity index (χ2n) is 10.1. The van der Waals surface area contributed by atoms with Crippen LogP contribution in [0.4, 0.5) is 0 Å². The molecule has 0 aliphatic carbocycles. The van der Waals surface area contributed by atoms with Gasteiger partial charge in [-0.25, -0.2) is 4.79 Å². The smallest absolute Gasteiger partial charge is 0.330 e. The van der Waals surface area contributed by atoms with E-state index in [4.69, 9.17) is 30.3 Å². The highest BCUT2D eigenvalue weighted by Crippen LogP contribution is 2.48. The Balaban J connectivity index is 1.78. The number of aromatic amines is 1. The van der Waals surface area contributed by atoms with E-state index in [1.165, 1.54) is 94.6 Å². The number of H-pyrrole nitrogens is 1. The average Bonchev–Trinajstić information content (AvgIpc) is 3.22. The Morgan fingerprint density at radius 2 is 1.50 bits per heavy atom. The Labute approximate surface area is 232 Å². The van der Waals surface area contributed by atoms with E-state index in [0.717, 1.165) is 19.3 Å². The zero-order valence-corrected chi connectivity index (χ0v) is 25.2. The van der Waals surface area contributed by atoms with Gasteiger partial charge in [0, 0.05) is 26.0 Å². The monoisotopic (exact) mass is 576 g/mol. The summed E-state index contributed by atoms with van der Waals surface area (Å²) in [6.07, 6.45) is 17.0. The van der Waals surface area contributed by atoms with Crippen LogP contribution in [0.5, 0.6) is 0 Å². The number of hydrogen-bond donors (Lipinski definition) is 2. The van der Waals surface area contributed by atoms with Crippen molar-refractivity contribution in [2.45, 2.75) is 135 Å². The molecule has 38 heavy (non-hydrogen) atoms. The van der Waals surface area contributed by atoms with Gasteiger partial charge in [-0.3, -0.25) is 18.9 Å². The summed E-state index contributed by atoms with van der Waals surface area (Å²) < 4.78 is 24.4. The van der Waals surface area contributed by atoms with Gasteiger partial charge >= 0.3 is 12.4 Å². The summed E-state index contributed by atoms with van der Waals surface area (Å²) in [5.74, 6) is 0. The van der Waals surface area contributed by atoms with Crippen LogP contribution >= 0.6 is 6.72 Å². The third-order valence-corrected chi connectivity index (χ3v) is 8.78. The standard InChI is InChI=1S/C27H49N2O7PS/c1-4-6-7-8-9-10-11-12-13-14-15-16-17-18-21-34-25-24(36-37(32,38)33-3)22(5-2)35-26(25)29-20-19-23(30)28-27(29)31/h19-20,22,24-26H,4-18,21H2,1-3H3,(H,32,38)(H,28,30,31). The van der Waals surface area contributed by atoms with Crippen molar-refractivity contribution in [2.24, 2.45) is 0 Å². The van der Waals surface area contributed by atoms with Crippen molar-refractivity contribution >= 4 is 18.5 Å².